The highest BCUT2D eigenvalue weighted by Gasteiger charge is 2.28. The molecule has 1 saturated heterocycles. The van der Waals surface area contributed by atoms with Crippen LogP contribution in [0.25, 0.3) is 0 Å². The molecule has 0 bridgehead atoms. The topological polar surface area (TPSA) is 77.8 Å². The van der Waals surface area contributed by atoms with E-state index in [2.05, 4.69) is 6.92 Å². The van der Waals surface area contributed by atoms with Gasteiger partial charge in [0.2, 0.25) is 5.91 Å². The molecule has 0 aromatic heterocycles. The molecule has 0 spiro atoms. The summed E-state index contributed by atoms with van der Waals surface area (Å²) in [5.74, 6) is 1.27. The van der Waals surface area contributed by atoms with Crippen molar-refractivity contribution in [2.75, 3.05) is 18.1 Å². The van der Waals surface area contributed by atoms with Crippen LogP contribution in [-0.2, 0) is 9.59 Å². The van der Waals surface area contributed by atoms with Crippen LogP contribution in [0.2, 0.25) is 0 Å². The molecule has 0 saturated carbocycles. The van der Waals surface area contributed by atoms with Crippen LogP contribution in [-0.4, -0.2) is 57.2 Å². The van der Waals surface area contributed by atoms with Crippen LogP contribution < -0.4 is 0 Å². The summed E-state index contributed by atoms with van der Waals surface area (Å²) in [5, 5.41) is 18.6. The molecule has 1 aliphatic heterocycles. The lowest BCUT2D eigenvalue weighted by molar-refractivity contribution is -0.137. The number of carboxylic acids is 1. The first-order chi connectivity index (χ1) is 12.0. The van der Waals surface area contributed by atoms with E-state index in [0.29, 0.717) is 12.8 Å². The van der Waals surface area contributed by atoms with Gasteiger partial charge in [-0.1, -0.05) is 38.3 Å². The molecule has 6 heteroatoms. The Kier molecular flexibility index (Phi) is 11.7. The predicted octanol–water partition coefficient (Wildman–Crippen LogP) is 3.46. The third-order valence-electron chi connectivity index (χ3n) is 4.44. The molecule has 0 radical (unpaired) electrons. The number of aliphatic hydroxyl groups excluding tert-OH is 1. The quantitative estimate of drug-likeness (QED) is 0.361. The number of aliphatic carboxylic acids is 1. The number of rotatable bonds is 14. The average molecular weight is 372 g/mol. The average Bonchev–Trinajstić information content (AvgIpc) is 2.92. The second-order valence-corrected chi connectivity index (χ2v) is 7.83. The number of likely N-dealkylation sites (tertiary alicyclic amines) is 1. The van der Waals surface area contributed by atoms with Crippen LogP contribution in [0.5, 0.6) is 0 Å². The summed E-state index contributed by atoms with van der Waals surface area (Å²) < 4.78 is 0. The SMILES string of the molecule is CCCCC[C@H](O)/C=C/[C@H]1CCC(=O)N1CCSCCCCC(=O)O. The van der Waals surface area contributed by atoms with Crippen LogP contribution in [0.4, 0.5) is 0 Å². The van der Waals surface area contributed by atoms with Crippen molar-refractivity contribution in [2.45, 2.75) is 76.9 Å². The fourth-order valence-electron chi connectivity index (χ4n) is 2.95. The molecule has 25 heavy (non-hydrogen) atoms. The molecule has 0 aromatic rings. The Labute approximate surface area is 155 Å². The highest BCUT2D eigenvalue weighted by molar-refractivity contribution is 7.99. The third-order valence-corrected chi connectivity index (χ3v) is 5.49. The van der Waals surface area contributed by atoms with E-state index >= 15 is 0 Å². The van der Waals surface area contributed by atoms with Crippen molar-refractivity contribution in [1.82, 2.24) is 4.90 Å². The number of carbonyl (C=O) groups is 2. The van der Waals surface area contributed by atoms with Crippen molar-refractivity contribution < 1.29 is 19.8 Å². The van der Waals surface area contributed by atoms with Gasteiger partial charge < -0.3 is 15.1 Å². The maximum Gasteiger partial charge on any atom is 0.303 e. The first kappa shape index (κ1) is 22.0. The molecular formula is C19H33NO4S. The van der Waals surface area contributed by atoms with Gasteiger partial charge in [0.15, 0.2) is 0 Å². The van der Waals surface area contributed by atoms with Crippen LogP contribution in [0.15, 0.2) is 12.2 Å². The summed E-state index contributed by atoms with van der Waals surface area (Å²) in [4.78, 5) is 24.4. The van der Waals surface area contributed by atoms with Crippen LogP contribution >= 0.6 is 11.8 Å². The standard InChI is InChI=1S/C19H33NO4S/c1-2-3-4-7-17(21)11-9-16-10-12-18(22)20(16)13-15-25-14-6-5-8-19(23)24/h9,11,16-17,21H,2-8,10,12-15H2,1H3,(H,23,24)/b11-9+/t16-,17-/m0/s1. The second kappa shape index (κ2) is 13.2. The zero-order valence-corrected chi connectivity index (χ0v) is 16.2. The normalized spacial score (nSPS) is 19.0. The maximum atomic E-state index is 12.0. The van der Waals surface area contributed by atoms with E-state index < -0.39 is 12.1 Å². The third kappa shape index (κ3) is 9.90. The molecule has 1 aliphatic rings. The lowest BCUT2D eigenvalue weighted by Gasteiger charge is -2.22. The number of hydrogen-bond donors (Lipinski definition) is 2. The monoisotopic (exact) mass is 371 g/mol. The second-order valence-electron chi connectivity index (χ2n) is 6.60. The Balaban J connectivity index is 2.24. The lowest BCUT2D eigenvalue weighted by Crippen LogP contribution is -2.34. The Morgan fingerprint density at radius 2 is 2.12 bits per heavy atom. The van der Waals surface area contributed by atoms with E-state index in [4.69, 9.17) is 5.11 Å². The Morgan fingerprint density at radius 3 is 2.84 bits per heavy atom. The van der Waals surface area contributed by atoms with Crippen molar-refractivity contribution in [2.24, 2.45) is 0 Å². The molecule has 2 atom stereocenters. The molecule has 0 aliphatic carbocycles. The molecule has 0 unspecified atom stereocenters. The minimum absolute atomic E-state index is 0.112. The van der Waals surface area contributed by atoms with Crippen LogP contribution in [0.1, 0.15) is 64.7 Å². The summed E-state index contributed by atoms with van der Waals surface area (Å²) >= 11 is 1.77. The molecule has 5 nitrogen and oxygen atoms in total. The number of unbranched alkanes of at least 4 members (excludes halogenated alkanes) is 3. The highest BCUT2D eigenvalue weighted by atomic mass is 32.2. The summed E-state index contributed by atoms with van der Waals surface area (Å²) in [5.41, 5.74) is 0. The molecular weight excluding hydrogens is 338 g/mol. The van der Waals surface area contributed by atoms with Crippen LogP contribution in [0.3, 0.4) is 0 Å². The zero-order valence-electron chi connectivity index (χ0n) is 15.4. The number of nitrogens with zero attached hydrogens (tertiary/aromatic N) is 1. The maximum absolute atomic E-state index is 12.0. The first-order valence-corrected chi connectivity index (χ1v) is 10.7. The fraction of sp³-hybridized carbons (Fsp3) is 0.789. The number of aliphatic hydroxyl groups is 1. The smallest absolute Gasteiger partial charge is 0.303 e. The molecule has 1 rings (SSSR count). The molecule has 144 valence electrons. The van der Waals surface area contributed by atoms with E-state index in [1.54, 1.807) is 11.8 Å². The fourth-order valence-corrected chi connectivity index (χ4v) is 3.89. The van der Waals surface area contributed by atoms with Gasteiger partial charge in [0.25, 0.3) is 0 Å². The Bertz CT molecular complexity index is 428. The predicted molar refractivity (Wildman–Crippen MR) is 103 cm³/mol. The minimum Gasteiger partial charge on any atom is -0.481 e. The Hall–Kier alpha value is -1.01. The lowest BCUT2D eigenvalue weighted by atomic mass is 10.1. The minimum atomic E-state index is -0.737. The van der Waals surface area contributed by atoms with Gasteiger partial charge >= 0.3 is 5.97 Å². The number of thioether (sulfide) groups is 1. The highest BCUT2D eigenvalue weighted by Crippen LogP contribution is 2.21. The van der Waals surface area contributed by atoms with Gasteiger partial charge in [-0.15, -0.1) is 0 Å². The molecule has 1 fully saturated rings. The summed E-state index contributed by atoms with van der Waals surface area (Å²) in [7, 11) is 0. The van der Waals surface area contributed by atoms with Crippen molar-refractivity contribution in [1.29, 1.82) is 0 Å². The van der Waals surface area contributed by atoms with Gasteiger partial charge in [-0.2, -0.15) is 11.8 Å². The summed E-state index contributed by atoms with van der Waals surface area (Å²) in [6.45, 7) is 2.87. The first-order valence-electron chi connectivity index (χ1n) is 9.50. The Morgan fingerprint density at radius 1 is 1.32 bits per heavy atom. The van der Waals surface area contributed by atoms with E-state index in [-0.39, 0.29) is 18.4 Å². The van der Waals surface area contributed by atoms with Gasteiger partial charge in [0.05, 0.1) is 12.1 Å². The van der Waals surface area contributed by atoms with Crippen LogP contribution in [0, 0.1) is 0 Å². The van der Waals surface area contributed by atoms with Gasteiger partial charge in [0.1, 0.15) is 0 Å². The molecule has 0 aromatic carbocycles. The van der Waals surface area contributed by atoms with E-state index in [9.17, 15) is 14.7 Å². The largest absolute Gasteiger partial charge is 0.481 e. The summed E-state index contributed by atoms with van der Waals surface area (Å²) in [6.07, 6.45) is 10.8. The molecule has 2 N–H and O–H groups in total. The number of amides is 1. The van der Waals surface area contributed by atoms with Gasteiger partial charge in [-0.05, 0) is 31.4 Å². The number of hydrogen-bond acceptors (Lipinski definition) is 4. The van der Waals surface area contributed by atoms with Gasteiger partial charge in [-0.3, -0.25) is 9.59 Å². The van der Waals surface area contributed by atoms with Gasteiger partial charge in [-0.25, -0.2) is 0 Å². The van der Waals surface area contributed by atoms with Crippen molar-refractivity contribution in [3.05, 3.63) is 12.2 Å². The number of carboxylic acid groups (broad SMARTS) is 1. The number of carbonyl (C=O) groups excluding carboxylic acids is 1. The zero-order chi connectivity index (χ0) is 18.5. The molecule has 1 amide bonds. The van der Waals surface area contributed by atoms with E-state index in [1.807, 2.05) is 17.1 Å². The van der Waals surface area contributed by atoms with Crippen molar-refractivity contribution >= 4 is 23.6 Å². The van der Waals surface area contributed by atoms with Crippen molar-refractivity contribution in [3.63, 3.8) is 0 Å². The molecule has 1 heterocycles. The van der Waals surface area contributed by atoms with Crippen molar-refractivity contribution in [3.8, 4) is 0 Å². The summed E-state index contributed by atoms with van der Waals surface area (Å²) in [6, 6.07) is 0.112. The van der Waals surface area contributed by atoms with E-state index in [1.165, 1.54) is 0 Å². The van der Waals surface area contributed by atoms with Gasteiger partial charge in [0, 0.05) is 25.1 Å². The van der Waals surface area contributed by atoms with E-state index in [0.717, 1.165) is 56.6 Å².